The Kier molecular flexibility index (Phi) is 5.33. The van der Waals surface area contributed by atoms with Gasteiger partial charge < -0.3 is 10.6 Å². The number of benzene rings is 1. The Morgan fingerprint density at radius 1 is 1.59 bits per heavy atom. The third-order valence-corrected chi connectivity index (χ3v) is 3.94. The molecular weight excluding hydrogens is 300 g/mol. The van der Waals surface area contributed by atoms with Gasteiger partial charge in [-0.25, -0.2) is 0 Å². The average molecular weight is 317 g/mol. The highest BCUT2D eigenvalue weighted by Gasteiger charge is 2.18. The van der Waals surface area contributed by atoms with E-state index in [1.165, 1.54) is 0 Å². The van der Waals surface area contributed by atoms with Gasteiger partial charge in [0.15, 0.2) is 0 Å². The van der Waals surface area contributed by atoms with Crippen LogP contribution in [0.25, 0.3) is 0 Å². The van der Waals surface area contributed by atoms with Crippen molar-refractivity contribution in [2.24, 2.45) is 0 Å². The molecule has 1 amide bonds. The number of thioether (sulfide) groups is 1. The molecule has 0 fully saturated rings. The van der Waals surface area contributed by atoms with Crippen molar-refractivity contribution < 1.29 is 4.79 Å². The molecular formula is C12H17BrN2OS. The van der Waals surface area contributed by atoms with Gasteiger partial charge in [0.05, 0.1) is 5.56 Å². The highest BCUT2D eigenvalue weighted by Crippen LogP contribution is 2.20. The maximum absolute atomic E-state index is 12.2. The Balaban J connectivity index is 2.88. The lowest BCUT2D eigenvalue weighted by Crippen LogP contribution is -2.36. The van der Waals surface area contributed by atoms with Crippen LogP contribution in [0.5, 0.6) is 0 Å². The Morgan fingerprint density at radius 2 is 2.24 bits per heavy atom. The molecule has 2 N–H and O–H groups in total. The Hall–Kier alpha value is -0.680. The van der Waals surface area contributed by atoms with Gasteiger partial charge in [0.25, 0.3) is 5.91 Å². The molecule has 3 nitrogen and oxygen atoms in total. The highest BCUT2D eigenvalue weighted by atomic mass is 79.9. The summed E-state index contributed by atoms with van der Waals surface area (Å²) in [7, 11) is 1.81. The normalized spacial score (nSPS) is 12.2. The first-order chi connectivity index (χ1) is 7.97. The van der Waals surface area contributed by atoms with Crippen LogP contribution < -0.4 is 5.73 Å². The number of nitrogen functional groups attached to an aromatic ring is 1. The van der Waals surface area contributed by atoms with E-state index in [0.29, 0.717) is 11.3 Å². The predicted molar refractivity (Wildman–Crippen MR) is 78.5 cm³/mol. The largest absolute Gasteiger partial charge is 0.398 e. The van der Waals surface area contributed by atoms with Crippen molar-refractivity contribution in [2.75, 3.05) is 24.8 Å². The summed E-state index contributed by atoms with van der Waals surface area (Å²) in [6.07, 6.45) is 2.03. The number of halogens is 1. The molecule has 0 aliphatic rings. The van der Waals surface area contributed by atoms with E-state index in [2.05, 4.69) is 15.9 Å². The molecule has 1 aromatic carbocycles. The molecule has 94 valence electrons. The van der Waals surface area contributed by atoms with E-state index in [1.54, 1.807) is 28.8 Å². The minimum Gasteiger partial charge on any atom is -0.398 e. The van der Waals surface area contributed by atoms with E-state index in [4.69, 9.17) is 5.73 Å². The van der Waals surface area contributed by atoms with Crippen LogP contribution in [-0.2, 0) is 0 Å². The number of nitrogens with zero attached hydrogens (tertiary/aromatic N) is 1. The van der Waals surface area contributed by atoms with Gasteiger partial charge >= 0.3 is 0 Å². The second kappa shape index (κ2) is 6.31. The monoisotopic (exact) mass is 316 g/mol. The molecule has 5 heteroatoms. The number of hydrogen-bond donors (Lipinski definition) is 1. The number of amides is 1. The van der Waals surface area contributed by atoms with Crippen molar-refractivity contribution >= 4 is 39.3 Å². The van der Waals surface area contributed by atoms with Gasteiger partial charge in [0.2, 0.25) is 0 Å². The van der Waals surface area contributed by atoms with Crippen LogP contribution in [0.3, 0.4) is 0 Å². The van der Waals surface area contributed by atoms with Crippen molar-refractivity contribution in [3.63, 3.8) is 0 Å². The third kappa shape index (κ3) is 3.64. The van der Waals surface area contributed by atoms with Crippen LogP contribution >= 0.6 is 27.7 Å². The Labute approximate surface area is 115 Å². The van der Waals surface area contributed by atoms with E-state index >= 15 is 0 Å². The fourth-order valence-electron chi connectivity index (χ4n) is 1.47. The number of rotatable bonds is 4. The summed E-state index contributed by atoms with van der Waals surface area (Å²) < 4.78 is 0.881. The summed E-state index contributed by atoms with van der Waals surface area (Å²) >= 11 is 5.05. The second-order valence-electron chi connectivity index (χ2n) is 3.95. The van der Waals surface area contributed by atoms with Gasteiger partial charge in [-0.05, 0) is 31.4 Å². The Morgan fingerprint density at radius 3 is 2.76 bits per heavy atom. The maximum atomic E-state index is 12.2. The molecule has 1 rings (SSSR count). The van der Waals surface area contributed by atoms with Crippen molar-refractivity contribution in [2.45, 2.75) is 13.0 Å². The van der Waals surface area contributed by atoms with E-state index < -0.39 is 0 Å². The zero-order valence-corrected chi connectivity index (χ0v) is 12.6. The molecule has 0 saturated heterocycles. The van der Waals surface area contributed by atoms with E-state index in [-0.39, 0.29) is 11.9 Å². The topological polar surface area (TPSA) is 46.3 Å². The molecule has 1 atom stereocenters. The fourth-order valence-corrected chi connectivity index (χ4v) is 2.56. The summed E-state index contributed by atoms with van der Waals surface area (Å²) in [5, 5.41) is 0. The zero-order valence-electron chi connectivity index (χ0n) is 10.2. The molecule has 1 unspecified atom stereocenters. The molecule has 0 saturated carbocycles. The van der Waals surface area contributed by atoms with E-state index in [9.17, 15) is 4.79 Å². The first-order valence-electron chi connectivity index (χ1n) is 5.28. The average Bonchev–Trinajstić information content (AvgIpc) is 2.27. The number of hydrogen-bond acceptors (Lipinski definition) is 3. The maximum Gasteiger partial charge on any atom is 0.255 e. The summed E-state index contributed by atoms with van der Waals surface area (Å²) in [5.74, 6) is 0.884. The SMILES string of the molecule is CSCC(C)N(C)C(=O)c1ccc(Br)cc1N. The fraction of sp³-hybridized carbons (Fsp3) is 0.417. The van der Waals surface area contributed by atoms with E-state index in [1.807, 2.05) is 26.3 Å². The molecule has 0 aliphatic heterocycles. The van der Waals surface area contributed by atoms with Gasteiger partial charge in [0, 0.05) is 29.0 Å². The first-order valence-corrected chi connectivity index (χ1v) is 7.47. The standard InChI is InChI=1S/C12H17BrN2OS/c1-8(7-17-3)15(2)12(16)10-5-4-9(13)6-11(10)14/h4-6,8H,7,14H2,1-3H3. The minimum atomic E-state index is -0.0310. The van der Waals surface area contributed by atoms with Crippen molar-refractivity contribution in [3.8, 4) is 0 Å². The van der Waals surface area contributed by atoms with Gasteiger partial charge in [-0.1, -0.05) is 15.9 Å². The number of anilines is 1. The molecule has 0 bridgehead atoms. The van der Waals surface area contributed by atoms with Crippen LogP contribution in [0.1, 0.15) is 17.3 Å². The lowest BCUT2D eigenvalue weighted by Gasteiger charge is -2.25. The third-order valence-electron chi connectivity index (χ3n) is 2.63. The molecule has 1 aromatic rings. The van der Waals surface area contributed by atoms with Gasteiger partial charge in [0.1, 0.15) is 0 Å². The summed E-state index contributed by atoms with van der Waals surface area (Å²) in [5.41, 5.74) is 6.92. The minimum absolute atomic E-state index is 0.0310. The summed E-state index contributed by atoms with van der Waals surface area (Å²) in [6.45, 7) is 2.03. The highest BCUT2D eigenvalue weighted by molar-refractivity contribution is 9.10. The number of nitrogens with two attached hydrogens (primary N) is 1. The number of carbonyl (C=O) groups excluding carboxylic acids is 1. The molecule has 0 aromatic heterocycles. The zero-order chi connectivity index (χ0) is 13.0. The lowest BCUT2D eigenvalue weighted by molar-refractivity contribution is 0.0758. The number of carbonyl (C=O) groups is 1. The first kappa shape index (κ1) is 14.4. The van der Waals surface area contributed by atoms with Crippen LogP contribution in [0, 0.1) is 0 Å². The van der Waals surface area contributed by atoms with Crippen LogP contribution in [-0.4, -0.2) is 35.9 Å². The van der Waals surface area contributed by atoms with Crippen molar-refractivity contribution in [3.05, 3.63) is 28.2 Å². The Bertz CT molecular complexity index is 411. The van der Waals surface area contributed by atoms with Gasteiger partial charge in [-0.2, -0.15) is 11.8 Å². The summed E-state index contributed by atoms with van der Waals surface area (Å²) in [6, 6.07) is 5.53. The van der Waals surface area contributed by atoms with Gasteiger partial charge in [-0.3, -0.25) is 4.79 Å². The van der Waals surface area contributed by atoms with Crippen molar-refractivity contribution in [1.29, 1.82) is 0 Å². The van der Waals surface area contributed by atoms with Crippen LogP contribution in [0.15, 0.2) is 22.7 Å². The molecule has 17 heavy (non-hydrogen) atoms. The van der Waals surface area contributed by atoms with E-state index in [0.717, 1.165) is 10.2 Å². The molecule has 0 aliphatic carbocycles. The van der Waals surface area contributed by atoms with Crippen LogP contribution in [0.4, 0.5) is 5.69 Å². The molecule has 0 spiro atoms. The quantitative estimate of drug-likeness (QED) is 0.869. The lowest BCUT2D eigenvalue weighted by atomic mass is 10.1. The second-order valence-corrected chi connectivity index (χ2v) is 5.78. The van der Waals surface area contributed by atoms with Gasteiger partial charge in [-0.15, -0.1) is 0 Å². The van der Waals surface area contributed by atoms with Crippen LogP contribution in [0.2, 0.25) is 0 Å². The molecule has 0 heterocycles. The smallest absolute Gasteiger partial charge is 0.255 e. The molecule has 0 radical (unpaired) electrons. The van der Waals surface area contributed by atoms with Crippen molar-refractivity contribution in [1.82, 2.24) is 4.90 Å². The predicted octanol–water partition coefficient (Wildman–Crippen LogP) is 2.85. The summed E-state index contributed by atoms with van der Waals surface area (Å²) in [4.78, 5) is 13.9.